The average Bonchev–Trinajstić information content (AvgIpc) is 3.35. The number of aromatic nitrogens is 1. The number of hydrogen-bond donors (Lipinski definition) is 0. The van der Waals surface area contributed by atoms with E-state index >= 15 is 0 Å². The van der Waals surface area contributed by atoms with Crippen LogP contribution in [0.2, 0.25) is 0 Å². The fourth-order valence-corrected chi connectivity index (χ4v) is 6.88. The highest BCUT2D eigenvalue weighted by atomic mass is 32.1. The Bertz CT molecular complexity index is 1010. The first kappa shape index (κ1) is 26.3. The van der Waals surface area contributed by atoms with Gasteiger partial charge < -0.3 is 9.80 Å². The van der Waals surface area contributed by atoms with Crippen molar-refractivity contribution in [3.63, 3.8) is 0 Å². The summed E-state index contributed by atoms with van der Waals surface area (Å²) in [5, 5.41) is 3.48. The minimum atomic E-state index is 0.213. The van der Waals surface area contributed by atoms with E-state index in [0.717, 1.165) is 57.7 Å². The lowest BCUT2D eigenvalue weighted by Gasteiger charge is -2.42. The van der Waals surface area contributed by atoms with E-state index in [1.807, 2.05) is 0 Å². The Balaban J connectivity index is 1.37. The van der Waals surface area contributed by atoms with Crippen LogP contribution in [-0.2, 0) is 15.6 Å². The zero-order valence-corrected chi connectivity index (χ0v) is 23.6. The summed E-state index contributed by atoms with van der Waals surface area (Å²) in [5.41, 5.74) is 5.81. The molecule has 0 saturated carbocycles. The Morgan fingerprint density at radius 3 is 2.37 bits per heavy atom. The maximum Gasteiger partial charge on any atom is 0.222 e. The predicted octanol–water partition coefficient (Wildman–Crippen LogP) is 6.99. The van der Waals surface area contributed by atoms with Crippen LogP contribution in [-0.4, -0.2) is 53.4 Å². The molecule has 1 saturated heterocycles. The van der Waals surface area contributed by atoms with Crippen molar-refractivity contribution in [1.29, 1.82) is 0 Å². The summed E-state index contributed by atoms with van der Waals surface area (Å²) in [6, 6.07) is 7.05. The lowest BCUT2D eigenvalue weighted by molar-refractivity contribution is -0.132. The van der Waals surface area contributed by atoms with E-state index < -0.39 is 0 Å². The van der Waals surface area contributed by atoms with Gasteiger partial charge in [-0.2, -0.15) is 0 Å². The fourth-order valence-electron chi connectivity index (χ4n) is 5.88. The lowest BCUT2D eigenvalue weighted by Crippen LogP contribution is -2.38. The molecule has 1 aliphatic carbocycles. The van der Waals surface area contributed by atoms with Crippen LogP contribution in [0.1, 0.15) is 102 Å². The van der Waals surface area contributed by atoms with E-state index in [1.165, 1.54) is 34.5 Å². The van der Waals surface area contributed by atoms with Gasteiger partial charge >= 0.3 is 0 Å². The first-order chi connectivity index (χ1) is 16.6. The normalized spacial score (nSPS) is 19.7. The lowest BCUT2D eigenvalue weighted by atomic mass is 9.63. The van der Waals surface area contributed by atoms with Gasteiger partial charge in [0.05, 0.1) is 10.7 Å². The number of carbonyl (C=O) groups is 1. The predicted molar refractivity (Wildman–Crippen MR) is 148 cm³/mol. The molecule has 4 nitrogen and oxygen atoms in total. The molecule has 35 heavy (non-hydrogen) atoms. The van der Waals surface area contributed by atoms with E-state index in [4.69, 9.17) is 4.98 Å². The van der Waals surface area contributed by atoms with Crippen molar-refractivity contribution in [3.05, 3.63) is 39.7 Å². The minimum absolute atomic E-state index is 0.213. The van der Waals surface area contributed by atoms with E-state index in [1.54, 1.807) is 11.3 Å². The van der Waals surface area contributed by atoms with Crippen LogP contribution in [0.15, 0.2) is 23.6 Å². The topological polar surface area (TPSA) is 36.4 Å². The van der Waals surface area contributed by atoms with Crippen LogP contribution < -0.4 is 0 Å². The quantitative estimate of drug-likeness (QED) is 0.396. The number of benzene rings is 1. The maximum atomic E-state index is 12.7. The van der Waals surface area contributed by atoms with Gasteiger partial charge in [-0.05, 0) is 79.8 Å². The number of fused-ring (bicyclic) bond motifs is 1. The zero-order valence-electron chi connectivity index (χ0n) is 22.8. The molecule has 4 rings (SSSR count). The standard InChI is InChI=1S/C30H45N3OS/c1-7-32(8-2)17-9-10-27(34)33-18-13-22(14-19-33)28-31-26(21-35-28)23-11-12-24-25(20-23)30(5,6)16-15-29(24,3)4/h11-12,20-22H,7-10,13-19H2,1-6H3. The van der Waals surface area contributed by atoms with Gasteiger partial charge in [-0.3, -0.25) is 4.79 Å². The Labute approximate surface area is 217 Å². The highest BCUT2D eigenvalue weighted by molar-refractivity contribution is 7.10. The fraction of sp³-hybridized carbons (Fsp3) is 0.667. The van der Waals surface area contributed by atoms with Crippen LogP contribution in [0, 0.1) is 0 Å². The maximum absolute atomic E-state index is 12.7. The number of piperidine rings is 1. The Morgan fingerprint density at radius 2 is 1.71 bits per heavy atom. The van der Waals surface area contributed by atoms with Crippen molar-refractivity contribution < 1.29 is 4.79 Å². The minimum Gasteiger partial charge on any atom is -0.343 e. The van der Waals surface area contributed by atoms with E-state index in [9.17, 15) is 4.79 Å². The van der Waals surface area contributed by atoms with Gasteiger partial charge in [-0.1, -0.05) is 53.7 Å². The van der Waals surface area contributed by atoms with E-state index in [2.05, 4.69) is 74.9 Å². The molecule has 0 N–H and O–H groups in total. The molecule has 2 aromatic rings. The summed E-state index contributed by atoms with van der Waals surface area (Å²) in [6.07, 6.45) is 6.16. The van der Waals surface area contributed by atoms with E-state index in [0.29, 0.717) is 18.2 Å². The second-order valence-corrected chi connectivity index (χ2v) is 12.8. The van der Waals surface area contributed by atoms with Crippen molar-refractivity contribution in [2.45, 2.75) is 96.8 Å². The second-order valence-electron chi connectivity index (χ2n) is 11.9. The molecule has 192 valence electrons. The molecule has 0 atom stereocenters. The smallest absolute Gasteiger partial charge is 0.222 e. The molecule has 5 heteroatoms. The second kappa shape index (κ2) is 10.7. The molecule has 1 aromatic carbocycles. The number of likely N-dealkylation sites (tertiary alicyclic amines) is 1. The molecular weight excluding hydrogens is 450 g/mol. The van der Waals surface area contributed by atoms with Crippen molar-refractivity contribution >= 4 is 17.2 Å². The Hall–Kier alpha value is -1.72. The zero-order chi connectivity index (χ0) is 25.2. The van der Waals surface area contributed by atoms with Crippen molar-refractivity contribution in [2.24, 2.45) is 0 Å². The summed E-state index contributed by atoms with van der Waals surface area (Å²) in [7, 11) is 0. The van der Waals surface area contributed by atoms with Gasteiger partial charge in [0.1, 0.15) is 0 Å². The van der Waals surface area contributed by atoms with Crippen molar-refractivity contribution in [3.8, 4) is 11.3 Å². The number of thiazole rings is 1. The third-order valence-electron chi connectivity index (χ3n) is 8.63. The Kier molecular flexibility index (Phi) is 8.07. The monoisotopic (exact) mass is 495 g/mol. The molecule has 1 amide bonds. The third kappa shape index (κ3) is 5.83. The number of nitrogens with zero attached hydrogens (tertiary/aromatic N) is 3. The van der Waals surface area contributed by atoms with Gasteiger partial charge in [-0.25, -0.2) is 4.98 Å². The van der Waals surface area contributed by atoms with Crippen LogP contribution in [0.5, 0.6) is 0 Å². The SMILES string of the molecule is CCN(CC)CCCC(=O)N1CCC(c2nc(-c3ccc4c(c3)C(C)(C)CCC4(C)C)cs2)CC1. The first-order valence-corrected chi connectivity index (χ1v) is 14.6. The largest absolute Gasteiger partial charge is 0.343 e. The van der Waals surface area contributed by atoms with Crippen LogP contribution in [0.4, 0.5) is 0 Å². The first-order valence-electron chi connectivity index (χ1n) is 13.8. The summed E-state index contributed by atoms with van der Waals surface area (Å²) in [5.74, 6) is 0.802. The number of hydrogen-bond acceptors (Lipinski definition) is 4. The molecule has 1 fully saturated rings. The van der Waals surface area contributed by atoms with Crippen LogP contribution in [0.25, 0.3) is 11.3 Å². The molecule has 0 bridgehead atoms. The van der Waals surface area contributed by atoms with Crippen molar-refractivity contribution in [1.82, 2.24) is 14.8 Å². The summed E-state index contributed by atoms with van der Waals surface area (Å²) < 4.78 is 0. The number of rotatable bonds is 8. The summed E-state index contributed by atoms with van der Waals surface area (Å²) >= 11 is 1.80. The third-order valence-corrected chi connectivity index (χ3v) is 9.63. The van der Waals surface area contributed by atoms with Gasteiger partial charge in [0.25, 0.3) is 0 Å². The highest BCUT2D eigenvalue weighted by Gasteiger charge is 2.37. The summed E-state index contributed by atoms with van der Waals surface area (Å²) in [4.78, 5) is 22.3. The van der Waals surface area contributed by atoms with Crippen molar-refractivity contribution in [2.75, 3.05) is 32.7 Å². The molecule has 1 aliphatic heterocycles. The number of amides is 1. The summed E-state index contributed by atoms with van der Waals surface area (Å²) in [6.45, 7) is 18.8. The van der Waals surface area contributed by atoms with Gasteiger partial charge in [0.2, 0.25) is 5.91 Å². The van der Waals surface area contributed by atoms with Gasteiger partial charge in [0, 0.05) is 36.4 Å². The highest BCUT2D eigenvalue weighted by Crippen LogP contribution is 2.47. The molecule has 2 heterocycles. The van der Waals surface area contributed by atoms with Gasteiger partial charge in [-0.15, -0.1) is 11.3 Å². The molecule has 0 spiro atoms. The van der Waals surface area contributed by atoms with E-state index in [-0.39, 0.29) is 10.8 Å². The Morgan fingerprint density at radius 1 is 1.06 bits per heavy atom. The average molecular weight is 496 g/mol. The number of carbonyl (C=O) groups excluding carboxylic acids is 1. The van der Waals surface area contributed by atoms with Crippen LogP contribution in [0.3, 0.4) is 0 Å². The molecule has 1 aromatic heterocycles. The molecule has 0 radical (unpaired) electrons. The van der Waals surface area contributed by atoms with Gasteiger partial charge in [0.15, 0.2) is 0 Å². The molecule has 0 unspecified atom stereocenters. The molecular formula is C30H45N3OS. The molecule has 2 aliphatic rings. The van der Waals surface area contributed by atoms with Crippen LogP contribution >= 0.6 is 11.3 Å².